The maximum atomic E-state index is 12.3. The number of rotatable bonds is 7. The molecule has 8 nitrogen and oxygen atoms in total. The Balaban J connectivity index is 2.09. The number of nitrogen functional groups attached to an aromatic ring is 1. The van der Waals surface area contributed by atoms with Gasteiger partial charge in [-0.25, -0.2) is 0 Å². The van der Waals surface area contributed by atoms with E-state index < -0.39 is 0 Å². The summed E-state index contributed by atoms with van der Waals surface area (Å²) in [4.78, 5) is 12.3. The van der Waals surface area contributed by atoms with E-state index in [9.17, 15) is 4.79 Å². The number of nitrogens with one attached hydrogen (secondary N) is 1. The summed E-state index contributed by atoms with van der Waals surface area (Å²) in [5.41, 5.74) is 11.4. The molecule has 2 aromatic rings. The minimum atomic E-state index is -0.295. The van der Waals surface area contributed by atoms with Gasteiger partial charge in [0.2, 0.25) is 5.13 Å². The van der Waals surface area contributed by atoms with Crippen molar-refractivity contribution in [2.45, 2.75) is 13.0 Å². The first-order valence-electron chi connectivity index (χ1n) is 6.95. The Hall–Kier alpha value is -2.39. The number of amides is 1. The largest absolute Gasteiger partial charge is 0.493 e. The number of ether oxygens (including phenoxy) is 2. The molecule has 9 heteroatoms. The zero-order valence-electron chi connectivity index (χ0n) is 12.9. The van der Waals surface area contributed by atoms with E-state index in [4.69, 9.17) is 20.9 Å². The molecule has 0 aliphatic heterocycles. The van der Waals surface area contributed by atoms with Gasteiger partial charge in [0.05, 0.1) is 13.2 Å². The van der Waals surface area contributed by atoms with Gasteiger partial charge in [-0.1, -0.05) is 11.3 Å². The molecular weight excluding hydrogens is 318 g/mol. The minimum absolute atomic E-state index is 0.255. The molecule has 1 aromatic heterocycles. The number of benzene rings is 1. The fourth-order valence-electron chi connectivity index (χ4n) is 1.86. The second kappa shape index (κ2) is 7.75. The number of carbonyl (C=O) groups is 1. The van der Waals surface area contributed by atoms with Crippen molar-refractivity contribution in [3.8, 4) is 11.5 Å². The van der Waals surface area contributed by atoms with Crippen LogP contribution in [-0.4, -0.2) is 36.4 Å². The molecule has 0 aliphatic rings. The Morgan fingerprint density at radius 1 is 1.39 bits per heavy atom. The number of hydrogen-bond donors (Lipinski definition) is 3. The molecule has 1 atom stereocenters. The summed E-state index contributed by atoms with van der Waals surface area (Å²) in [7, 11) is 1.51. The van der Waals surface area contributed by atoms with Gasteiger partial charge in [-0.2, -0.15) is 0 Å². The number of hydrogen-bond acceptors (Lipinski definition) is 8. The SMILES string of the molecule is COc1cc(C(=O)N[C@H](C)c2nnc(N)s2)ccc1OCCN. The number of nitrogens with two attached hydrogens (primary N) is 2. The van der Waals surface area contributed by atoms with Crippen LogP contribution >= 0.6 is 11.3 Å². The molecule has 1 heterocycles. The van der Waals surface area contributed by atoms with E-state index in [0.717, 1.165) is 0 Å². The fraction of sp³-hybridized carbons (Fsp3) is 0.357. The summed E-state index contributed by atoms with van der Waals surface area (Å²) in [6.45, 7) is 2.58. The first-order chi connectivity index (χ1) is 11.0. The summed E-state index contributed by atoms with van der Waals surface area (Å²) in [6.07, 6.45) is 0. The highest BCUT2D eigenvalue weighted by Crippen LogP contribution is 2.28. The molecule has 1 amide bonds. The molecule has 0 saturated heterocycles. The normalized spacial score (nSPS) is 11.8. The predicted molar refractivity (Wildman–Crippen MR) is 87.7 cm³/mol. The van der Waals surface area contributed by atoms with E-state index in [1.165, 1.54) is 18.4 Å². The number of anilines is 1. The topological polar surface area (TPSA) is 125 Å². The summed E-state index contributed by atoms with van der Waals surface area (Å²) in [6, 6.07) is 4.65. The number of nitrogens with zero attached hydrogens (tertiary/aromatic N) is 2. The number of methoxy groups -OCH3 is 1. The van der Waals surface area contributed by atoms with Crippen molar-refractivity contribution in [2.75, 3.05) is 26.0 Å². The van der Waals surface area contributed by atoms with Gasteiger partial charge in [0.15, 0.2) is 11.5 Å². The Morgan fingerprint density at radius 3 is 2.78 bits per heavy atom. The van der Waals surface area contributed by atoms with Crippen LogP contribution in [0.15, 0.2) is 18.2 Å². The lowest BCUT2D eigenvalue weighted by Crippen LogP contribution is -2.26. The zero-order valence-corrected chi connectivity index (χ0v) is 13.7. The monoisotopic (exact) mass is 337 g/mol. The molecule has 2 rings (SSSR count). The van der Waals surface area contributed by atoms with Crippen LogP contribution in [0.5, 0.6) is 11.5 Å². The first-order valence-corrected chi connectivity index (χ1v) is 7.77. The fourth-order valence-corrected chi connectivity index (χ4v) is 2.47. The van der Waals surface area contributed by atoms with Gasteiger partial charge >= 0.3 is 0 Å². The van der Waals surface area contributed by atoms with Crippen molar-refractivity contribution in [3.63, 3.8) is 0 Å². The van der Waals surface area contributed by atoms with Gasteiger partial charge in [0, 0.05) is 12.1 Å². The van der Waals surface area contributed by atoms with E-state index in [2.05, 4.69) is 15.5 Å². The third-order valence-electron chi connectivity index (χ3n) is 2.98. The zero-order chi connectivity index (χ0) is 16.8. The second-order valence-corrected chi connectivity index (χ2v) is 5.72. The molecule has 0 bridgehead atoms. The van der Waals surface area contributed by atoms with E-state index in [1.54, 1.807) is 18.2 Å². The summed E-state index contributed by atoms with van der Waals surface area (Å²) >= 11 is 1.24. The van der Waals surface area contributed by atoms with Crippen molar-refractivity contribution in [2.24, 2.45) is 5.73 Å². The molecule has 0 unspecified atom stereocenters. The smallest absolute Gasteiger partial charge is 0.251 e. The Bertz CT molecular complexity index is 676. The van der Waals surface area contributed by atoms with Crippen LogP contribution in [0, 0.1) is 0 Å². The first kappa shape index (κ1) is 17.0. The molecule has 0 fully saturated rings. The maximum absolute atomic E-state index is 12.3. The maximum Gasteiger partial charge on any atom is 0.251 e. The Labute approximate surface area is 137 Å². The average Bonchev–Trinajstić information content (AvgIpc) is 2.99. The quantitative estimate of drug-likeness (QED) is 0.687. The highest BCUT2D eigenvalue weighted by Gasteiger charge is 2.16. The molecule has 23 heavy (non-hydrogen) atoms. The Kier molecular flexibility index (Phi) is 5.72. The molecule has 0 radical (unpaired) electrons. The minimum Gasteiger partial charge on any atom is -0.493 e. The lowest BCUT2D eigenvalue weighted by molar-refractivity contribution is 0.0939. The number of aromatic nitrogens is 2. The third-order valence-corrected chi connectivity index (χ3v) is 3.91. The third kappa shape index (κ3) is 4.30. The standard InChI is InChI=1S/C14H19N5O3S/c1-8(13-18-19-14(16)23-13)17-12(20)9-3-4-10(22-6-5-15)11(7-9)21-2/h3-4,7-8H,5-6,15H2,1-2H3,(H2,16,19)(H,17,20)/t8-/m1/s1. The van der Waals surface area contributed by atoms with E-state index >= 15 is 0 Å². The van der Waals surface area contributed by atoms with E-state index in [0.29, 0.717) is 40.4 Å². The predicted octanol–water partition coefficient (Wildman–Crippen LogP) is 0.957. The van der Waals surface area contributed by atoms with Crippen LogP contribution in [0.1, 0.15) is 28.3 Å². The van der Waals surface area contributed by atoms with E-state index in [-0.39, 0.29) is 11.9 Å². The molecule has 0 spiro atoms. The van der Waals surface area contributed by atoms with Crippen LogP contribution < -0.4 is 26.3 Å². The lowest BCUT2D eigenvalue weighted by atomic mass is 10.1. The van der Waals surface area contributed by atoms with Crippen molar-refractivity contribution in [1.29, 1.82) is 0 Å². The van der Waals surface area contributed by atoms with Crippen molar-refractivity contribution in [3.05, 3.63) is 28.8 Å². The molecule has 0 aliphatic carbocycles. The van der Waals surface area contributed by atoms with Gasteiger partial charge in [0.25, 0.3) is 5.91 Å². The van der Waals surface area contributed by atoms with Crippen molar-refractivity contribution >= 4 is 22.4 Å². The van der Waals surface area contributed by atoms with Crippen LogP contribution in [0.3, 0.4) is 0 Å². The van der Waals surface area contributed by atoms with Gasteiger partial charge < -0.3 is 26.3 Å². The Morgan fingerprint density at radius 2 is 2.17 bits per heavy atom. The summed E-state index contributed by atoms with van der Waals surface area (Å²) in [5.74, 6) is 0.758. The summed E-state index contributed by atoms with van der Waals surface area (Å²) in [5, 5.41) is 11.5. The van der Waals surface area contributed by atoms with Crippen molar-refractivity contribution in [1.82, 2.24) is 15.5 Å². The highest BCUT2D eigenvalue weighted by atomic mass is 32.1. The average molecular weight is 337 g/mol. The van der Waals surface area contributed by atoms with Crippen LogP contribution in [0.2, 0.25) is 0 Å². The van der Waals surface area contributed by atoms with Crippen LogP contribution in [-0.2, 0) is 0 Å². The van der Waals surface area contributed by atoms with Gasteiger partial charge in [-0.3, -0.25) is 4.79 Å². The molecular formula is C14H19N5O3S. The summed E-state index contributed by atoms with van der Waals surface area (Å²) < 4.78 is 10.7. The van der Waals surface area contributed by atoms with Gasteiger partial charge in [0.1, 0.15) is 11.6 Å². The van der Waals surface area contributed by atoms with Crippen LogP contribution in [0.4, 0.5) is 5.13 Å². The second-order valence-electron chi connectivity index (χ2n) is 4.68. The molecule has 5 N–H and O–H groups in total. The van der Waals surface area contributed by atoms with Gasteiger partial charge in [-0.15, -0.1) is 10.2 Å². The molecule has 0 saturated carbocycles. The molecule has 124 valence electrons. The van der Waals surface area contributed by atoms with E-state index in [1.807, 2.05) is 6.92 Å². The lowest BCUT2D eigenvalue weighted by Gasteiger charge is -2.13. The van der Waals surface area contributed by atoms with Crippen LogP contribution in [0.25, 0.3) is 0 Å². The number of carbonyl (C=O) groups excluding carboxylic acids is 1. The van der Waals surface area contributed by atoms with Crippen molar-refractivity contribution < 1.29 is 14.3 Å². The highest BCUT2D eigenvalue weighted by molar-refractivity contribution is 7.15. The van der Waals surface area contributed by atoms with Gasteiger partial charge in [-0.05, 0) is 25.1 Å². The molecule has 1 aromatic carbocycles.